The maximum atomic E-state index is 12.3. The number of rotatable bonds is 5. The number of amides is 1. The van der Waals surface area contributed by atoms with Gasteiger partial charge >= 0.3 is 0 Å². The minimum absolute atomic E-state index is 0.0617. The zero-order valence-corrected chi connectivity index (χ0v) is 12.9. The van der Waals surface area contributed by atoms with Crippen molar-refractivity contribution in [3.63, 3.8) is 0 Å². The Morgan fingerprint density at radius 3 is 2.71 bits per heavy atom. The van der Waals surface area contributed by atoms with Gasteiger partial charge in [-0.05, 0) is 11.8 Å². The average Bonchev–Trinajstić information content (AvgIpc) is 2.47. The van der Waals surface area contributed by atoms with Crippen molar-refractivity contribution in [2.45, 2.75) is 18.6 Å². The molecule has 112 valence electrons. The van der Waals surface area contributed by atoms with Gasteiger partial charge in [0.25, 0.3) is 5.91 Å². The summed E-state index contributed by atoms with van der Waals surface area (Å²) >= 11 is 0. The number of nitrogens with one attached hydrogen (secondary N) is 1. The number of pyridine rings is 1. The fraction of sp³-hybridized carbons (Fsp3) is 0.333. The third-order valence-corrected chi connectivity index (χ3v) is 4.84. The lowest BCUT2D eigenvalue weighted by Gasteiger charge is -2.11. The Morgan fingerprint density at radius 2 is 2.05 bits per heavy atom. The largest absolute Gasteiger partial charge is 0.383 e. The number of hydrogen-bond donors (Lipinski definition) is 2. The number of carbonyl (C=O) groups is 1. The first-order valence-corrected chi connectivity index (χ1v) is 8.36. The Morgan fingerprint density at radius 1 is 1.38 bits per heavy atom. The highest BCUT2D eigenvalue weighted by Crippen LogP contribution is 2.22. The second-order valence-corrected chi connectivity index (χ2v) is 6.76. The second kappa shape index (κ2) is 6.67. The van der Waals surface area contributed by atoms with E-state index in [0.29, 0.717) is 24.3 Å². The monoisotopic (exact) mass is 305 g/mol. The van der Waals surface area contributed by atoms with Crippen LogP contribution in [0.25, 0.3) is 10.8 Å². The summed E-state index contributed by atoms with van der Waals surface area (Å²) in [4.78, 5) is 16.3. The molecule has 2 rings (SSSR count). The molecule has 2 atom stereocenters. The second-order valence-electron chi connectivity index (χ2n) is 4.96. The molecular formula is C15H19N3O2S. The number of nitrogens with zero attached hydrogens (tertiary/aromatic N) is 1. The summed E-state index contributed by atoms with van der Waals surface area (Å²) in [6.45, 7) is 2.39. The third kappa shape index (κ3) is 3.58. The summed E-state index contributed by atoms with van der Waals surface area (Å²) in [5.74, 6) is 0.227. The van der Waals surface area contributed by atoms with E-state index >= 15 is 0 Å². The summed E-state index contributed by atoms with van der Waals surface area (Å²) < 4.78 is 11.3. The average molecular weight is 305 g/mol. The summed E-state index contributed by atoms with van der Waals surface area (Å²) in [7, 11) is -0.875. The third-order valence-electron chi connectivity index (χ3n) is 3.47. The molecule has 0 saturated heterocycles. The molecule has 0 aliphatic rings. The number of fused-ring (bicyclic) bond motifs is 1. The lowest BCUT2D eigenvalue weighted by molar-refractivity contribution is 0.0954. The fourth-order valence-corrected chi connectivity index (χ4v) is 2.50. The first kappa shape index (κ1) is 15.4. The SMILES string of the molecule is CC(CCNC(=O)c1cnc(N)c2ccccc12)S(C)=O. The molecule has 6 heteroatoms. The summed E-state index contributed by atoms with van der Waals surface area (Å²) in [5, 5.41) is 4.46. The van der Waals surface area contributed by atoms with E-state index in [9.17, 15) is 9.00 Å². The minimum Gasteiger partial charge on any atom is -0.383 e. The smallest absolute Gasteiger partial charge is 0.253 e. The maximum Gasteiger partial charge on any atom is 0.253 e. The van der Waals surface area contributed by atoms with Crippen molar-refractivity contribution in [1.82, 2.24) is 10.3 Å². The van der Waals surface area contributed by atoms with Crippen LogP contribution in [0.4, 0.5) is 5.82 Å². The summed E-state index contributed by atoms with van der Waals surface area (Å²) in [6.07, 6.45) is 3.84. The molecule has 0 spiro atoms. The number of anilines is 1. The van der Waals surface area contributed by atoms with Gasteiger partial charge in [0.1, 0.15) is 5.82 Å². The molecular weight excluding hydrogens is 286 g/mol. The van der Waals surface area contributed by atoms with Crippen molar-refractivity contribution in [2.75, 3.05) is 18.5 Å². The molecule has 1 aromatic heterocycles. The van der Waals surface area contributed by atoms with Crippen molar-refractivity contribution in [2.24, 2.45) is 0 Å². The molecule has 0 fully saturated rings. The number of benzene rings is 1. The van der Waals surface area contributed by atoms with Gasteiger partial charge in [-0.3, -0.25) is 9.00 Å². The van der Waals surface area contributed by atoms with Gasteiger partial charge < -0.3 is 11.1 Å². The van der Waals surface area contributed by atoms with Crippen LogP contribution in [0.3, 0.4) is 0 Å². The van der Waals surface area contributed by atoms with E-state index in [1.807, 2.05) is 31.2 Å². The highest BCUT2D eigenvalue weighted by Gasteiger charge is 2.13. The van der Waals surface area contributed by atoms with E-state index in [1.165, 1.54) is 6.20 Å². The van der Waals surface area contributed by atoms with E-state index in [0.717, 1.165) is 10.8 Å². The molecule has 0 aliphatic heterocycles. The lowest BCUT2D eigenvalue weighted by atomic mass is 10.1. The summed E-state index contributed by atoms with van der Waals surface area (Å²) in [5.41, 5.74) is 6.33. The van der Waals surface area contributed by atoms with E-state index in [2.05, 4.69) is 10.3 Å². The van der Waals surface area contributed by atoms with E-state index in [-0.39, 0.29) is 11.2 Å². The van der Waals surface area contributed by atoms with Gasteiger partial charge in [-0.25, -0.2) is 4.98 Å². The number of aromatic nitrogens is 1. The van der Waals surface area contributed by atoms with Crippen LogP contribution in [0.2, 0.25) is 0 Å². The molecule has 5 nitrogen and oxygen atoms in total. The van der Waals surface area contributed by atoms with Crippen LogP contribution < -0.4 is 11.1 Å². The number of nitrogens with two attached hydrogens (primary N) is 1. The van der Waals surface area contributed by atoms with Crippen molar-refractivity contribution in [1.29, 1.82) is 0 Å². The topological polar surface area (TPSA) is 85.1 Å². The van der Waals surface area contributed by atoms with Crippen LogP contribution in [0.5, 0.6) is 0 Å². The van der Waals surface area contributed by atoms with Crippen molar-refractivity contribution in [3.8, 4) is 0 Å². The highest BCUT2D eigenvalue weighted by molar-refractivity contribution is 7.84. The van der Waals surface area contributed by atoms with Crippen LogP contribution in [-0.2, 0) is 10.8 Å². The molecule has 0 radical (unpaired) electrons. The van der Waals surface area contributed by atoms with Crippen LogP contribution in [0.15, 0.2) is 30.5 Å². The van der Waals surface area contributed by atoms with Crippen LogP contribution >= 0.6 is 0 Å². The van der Waals surface area contributed by atoms with Gasteiger partial charge in [-0.15, -0.1) is 0 Å². The molecule has 1 aromatic carbocycles. The molecule has 0 aliphatic carbocycles. The lowest BCUT2D eigenvalue weighted by Crippen LogP contribution is -2.27. The zero-order chi connectivity index (χ0) is 15.4. The molecule has 0 saturated carbocycles. The van der Waals surface area contributed by atoms with Gasteiger partial charge in [0.05, 0.1) is 5.56 Å². The van der Waals surface area contributed by atoms with Crippen molar-refractivity contribution >= 4 is 33.3 Å². The zero-order valence-electron chi connectivity index (χ0n) is 12.1. The Bertz CT molecular complexity index is 688. The first-order chi connectivity index (χ1) is 10.0. The van der Waals surface area contributed by atoms with E-state index < -0.39 is 10.8 Å². The quantitative estimate of drug-likeness (QED) is 0.880. The molecule has 1 heterocycles. The predicted octanol–water partition coefficient (Wildman–Crippen LogP) is 1.70. The molecule has 3 N–H and O–H groups in total. The molecule has 0 bridgehead atoms. The van der Waals surface area contributed by atoms with Gasteiger partial charge in [0.15, 0.2) is 0 Å². The number of hydrogen-bond acceptors (Lipinski definition) is 4. The van der Waals surface area contributed by atoms with Gasteiger partial charge in [0, 0.05) is 40.4 Å². The predicted molar refractivity (Wildman–Crippen MR) is 86.6 cm³/mol. The van der Waals surface area contributed by atoms with Crippen LogP contribution in [-0.4, -0.2) is 33.2 Å². The van der Waals surface area contributed by atoms with Crippen LogP contribution in [0, 0.1) is 0 Å². The van der Waals surface area contributed by atoms with Crippen molar-refractivity contribution in [3.05, 3.63) is 36.0 Å². The van der Waals surface area contributed by atoms with Crippen LogP contribution in [0.1, 0.15) is 23.7 Å². The fourth-order valence-electron chi connectivity index (χ4n) is 2.05. The summed E-state index contributed by atoms with van der Waals surface area (Å²) in [6, 6.07) is 7.42. The normalized spacial score (nSPS) is 13.8. The maximum absolute atomic E-state index is 12.3. The molecule has 1 amide bonds. The Labute approximate surface area is 126 Å². The van der Waals surface area contributed by atoms with E-state index in [1.54, 1.807) is 6.26 Å². The Kier molecular flexibility index (Phi) is 4.90. The highest BCUT2D eigenvalue weighted by atomic mass is 32.2. The Balaban J connectivity index is 2.13. The van der Waals surface area contributed by atoms with Crippen molar-refractivity contribution < 1.29 is 9.00 Å². The standard InChI is InChI=1S/C15H19N3O2S/c1-10(21(2)20)7-8-17-15(19)13-9-18-14(16)12-6-4-3-5-11(12)13/h3-6,9-10H,7-8H2,1-2H3,(H2,16,18)(H,17,19). The Hall–Kier alpha value is -1.95. The van der Waals surface area contributed by atoms with Gasteiger partial charge in [-0.1, -0.05) is 31.2 Å². The van der Waals surface area contributed by atoms with E-state index in [4.69, 9.17) is 5.73 Å². The molecule has 2 unspecified atom stereocenters. The minimum atomic E-state index is -0.875. The first-order valence-electron chi connectivity index (χ1n) is 6.74. The number of carbonyl (C=O) groups excluding carboxylic acids is 1. The molecule has 2 aromatic rings. The van der Waals surface area contributed by atoms with Gasteiger partial charge in [-0.2, -0.15) is 0 Å². The molecule has 21 heavy (non-hydrogen) atoms. The van der Waals surface area contributed by atoms with Gasteiger partial charge in [0.2, 0.25) is 0 Å². The number of nitrogen functional groups attached to an aromatic ring is 1.